The lowest BCUT2D eigenvalue weighted by Crippen LogP contribution is -2.32. The number of carbonyl (C=O) groups is 1. The average molecular weight is 292 g/mol. The molecular formula is C17H25FN2O. The Morgan fingerprint density at radius 2 is 2.19 bits per heavy atom. The molecule has 3 nitrogen and oxygen atoms in total. The first-order chi connectivity index (χ1) is 9.77. The third kappa shape index (κ3) is 4.10. The number of likely N-dealkylation sites (tertiary alicyclic amines) is 1. The minimum absolute atomic E-state index is 0.00536. The molecule has 1 aromatic rings. The number of nitrogens with zero attached hydrogens (tertiary/aromatic N) is 2. The number of halogens is 1. The third-order valence-electron chi connectivity index (χ3n) is 4.46. The largest absolute Gasteiger partial charge is 0.302 e. The molecule has 4 heteroatoms. The monoisotopic (exact) mass is 292 g/mol. The first-order valence-corrected chi connectivity index (χ1v) is 7.65. The van der Waals surface area contributed by atoms with Gasteiger partial charge in [0.2, 0.25) is 0 Å². The van der Waals surface area contributed by atoms with E-state index in [2.05, 4.69) is 30.7 Å². The maximum absolute atomic E-state index is 12.9. The van der Waals surface area contributed by atoms with Crippen molar-refractivity contribution >= 4 is 5.78 Å². The molecule has 0 radical (unpaired) electrons. The number of rotatable bonds is 4. The minimum Gasteiger partial charge on any atom is -0.302 e. The summed E-state index contributed by atoms with van der Waals surface area (Å²) in [6, 6.07) is 2.76. The van der Waals surface area contributed by atoms with Gasteiger partial charge in [0.1, 0.15) is 11.5 Å². The number of pyridine rings is 1. The zero-order valence-electron chi connectivity index (χ0n) is 13.4. The normalized spacial score (nSPS) is 21.5. The molecule has 1 aliphatic heterocycles. The van der Waals surface area contributed by atoms with Crippen LogP contribution in [0.4, 0.5) is 4.39 Å². The summed E-state index contributed by atoms with van der Waals surface area (Å²) in [6.07, 6.45) is 2.30. The van der Waals surface area contributed by atoms with Crippen LogP contribution in [0.1, 0.15) is 44.6 Å². The fourth-order valence-electron chi connectivity index (χ4n) is 2.95. The number of carbonyl (C=O) groups excluding carboxylic acids is 1. The van der Waals surface area contributed by atoms with E-state index in [4.69, 9.17) is 0 Å². The van der Waals surface area contributed by atoms with Crippen molar-refractivity contribution in [1.82, 2.24) is 9.88 Å². The van der Waals surface area contributed by atoms with Gasteiger partial charge in [0.25, 0.3) is 0 Å². The molecule has 1 saturated heterocycles. The summed E-state index contributed by atoms with van der Waals surface area (Å²) in [5.74, 6) is 0.159. The van der Waals surface area contributed by atoms with Gasteiger partial charge in [-0.2, -0.15) is 0 Å². The lowest BCUT2D eigenvalue weighted by Gasteiger charge is -2.27. The number of ketones is 1. The second kappa shape index (κ2) is 6.22. The summed E-state index contributed by atoms with van der Waals surface area (Å²) in [5, 5.41) is 0. The van der Waals surface area contributed by atoms with Gasteiger partial charge in [-0.3, -0.25) is 9.78 Å². The molecule has 116 valence electrons. The van der Waals surface area contributed by atoms with Crippen molar-refractivity contribution in [2.24, 2.45) is 17.3 Å². The van der Waals surface area contributed by atoms with E-state index in [9.17, 15) is 9.18 Å². The molecule has 0 spiro atoms. The molecule has 2 atom stereocenters. The topological polar surface area (TPSA) is 33.2 Å². The van der Waals surface area contributed by atoms with Gasteiger partial charge in [-0.25, -0.2) is 4.39 Å². The number of hydrogen-bond acceptors (Lipinski definition) is 3. The van der Waals surface area contributed by atoms with Crippen molar-refractivity contribution in [3.63, 3.8) is 0 Å². The van der Waals surface area contributed by atoms with Crippen LogP contribution in [0.25, 0.3) is 0 Å². The lowest BCUT2D eigenvalue weighted by molar-refractivity contribution is 0.0893. The van der Waals surface area contributed by atoms with Crippen LogP contribution in [0, 0.1) is 23.1 Å². The predicted molar refractivity (Wildman–Crippen MR) is 81.7 cm³/mol. The fraction of sp³-hybridized carbons (Fsp3) is 0.647. The zero-order valence-corrected chi connectivity index (χ0v) is 13.4. The Kier molecular flexibility index (Phi) is 4.77. The Balaban J connectivity index is 1.91. The quantitative estimate of drug-likeness (QED) is 0.797. The molecule has 0 amide bonds. The molecule has 0 saturated carbocycles. The maximum Gasteiger partial charge on any atom is 0.185 e. The second-order valence-electron chi connectivity index (χ2n) is 7.24. The van der Waals surface area contributed by atoms with Gasteiger partial charge in [0, 0.05) is 19.0 Å². The molecule has 0 N–H and O–H groups in total. The molecule has 2 unspecified atom stereocenters. The molecular weight excluding hydrogens is 267 g/mol. The summed E-state index contributed by atoms with van der Waals surface area (Å²) in [6.45, 7) is 11.6. The van der Waals surface area contributed by atoms with Gasteiger partial charge in [-0.1, -0.05) is 27.7 Å². The van der Waals surface area contributed by atoms with Crippen LogP contribution < -0.4 is 0 Å². The van der Waals surface area contributed by atoms with Crippen molar-refractivity contribution in [1.29, 1.82) is 0 Å². The number of hydrogen-bond donors (Lipinski definition) is 0. The van der Waals surface area contributed by atoms with E-state index in [1.54, 1.807) is 0 Å². The van der Waals surface area contributed by atoms with Crippen molar-refractivity contribution in [2.45, 2.75) is 34.1 Å². The van der Waals surface area contributed by atoms with Crippen LogP contribution in [0.2, 0.25) is 0 Å². The van der Waals surface area contributed by atoms with Gasteiger partial charge in [-0.05, 0) is 36.4 Å². The number of aromatic nitrogens is 1. The highest BCUT2D eigenvalue weighted by molar-refractivity contribution is 5.95. The summed E-state index contributed by atoms with van der Waals surface area (Å²) in [5.41, 5.74) is 0.677. The van der Waals surface area contributed by atoms with E-state index in [1.807, 2.05) is 6.92 Å². The molecule has 0 aliphatic carbocycles. The SMILES string of the molecule is CC(CN1CCC(C(C)(C)C)C1)C(=O)c1ccc(F)cn1. The Morgan fingerprint density at radius 3 is 2.71 bits per heavy atom. The molecule has 1 aromatic heterocycles. The molecule has 0 aromatic carbocycles. The molecule has 2 rings (SSSR count). The van der Waals surface area contributed by atoms with E-state index in [0.717, 1.165) is 25.8 Å². The van der Waals surface area contributed by atoms with Crippen LogP contribution in [0.3, 0.4) is 0 Å². The van der Waals surface area contributed by atoms with E-state index in [1.165, 1.54) is 18.6 Å². The Labute approximate surface area is 126 Å². The highest BCUT2D eigenvalue weighted by atomic mass is 19.1. The first-order valence-electron chi connectivity index (χ1n) is 7.65. The average Bonchev–Trinajstić information content (AvgIpc) is 2.87. The van der Waals surface area contributed by atoms with Gasteiger partial charge >= 0.3 is 0 Å². The van der Waals surface area contributed by atoms with Crippen LogP contribution in [-0.4, -0.2) is 35.3 Å². The van der Waals surface area contributed by atoms with E-state index >= 15 is 0 Å². The summed E-state index contributed by atoms with van der Waals surface area (Å²) < 4.78 is 12.9. The van der Waals surface area contributed by atoms with Crippen LogP contribution in [0.5, 0.6) is 0 Å². The van der Waals surface area contributed by atoms with Gasteiger partial charge in [0.15, 0.2) is 5.78 Å². The van der Waals surface area contributed by atoms with Crippen LogP contribution >= 0.6 is 0 Å². The van der Waals surface area contributed by atoms with E-state index in [-0.39, 0.29) is 11.7 Å². The number of Topliss-reactive ketones (excluding diaryl/α,β-unsaturated/α-hetero) is 1. The Hall–Kier alpha value is -1.29. The smallest absolute Gasteiger partial charge is 0.185 e. The predicted octanol–water partition coefficient (Wildman–Crippen LogP) is 3.41. The zero-order chi connectivity index (χ0) is 15.6. The van der Waals surface area contributed by atoms with Crippen molar-refractivity contribution in [3.05, 3.63) is 29.8 Å². The van der Waals surface area contributed by atoms with Crippen LogP contribution in [0.15, 0.2) is 18.3 Å². The third-order valence-corrected chi connectivity index (χ3v) is 4.46. The Morgan fingerprint density at radius 1 is 1.48 bits per heavy atom. The van der Waals surface area contributed by atoms with Crippen LogP contribution in [-0.2, 0) is 0 Å². The van der Waals surface area contributed by atoms with Gasteiger partial charge in [-0.15, -0.1) is 0 Å². The molecule has 1 fully saturated rings. The first kappa shape index (κ1) is 16.1. The highest BCUT2D eigenvalue weighted by Crippen LogP contribution is 2.33. The van der Waals surface area contributed by atoms with Crippen molar-refractivity contribution in [3.8, 4) is 0 Å². The maximum atomic E-state index is 12.9. The van der Waals surface area contributed by atoms with E-state index in [0.29, 0.717) is 17.0 Å². The Bertz CT molecular complexity index is 493. The van der Waals surface area contributed by atoms with E-state index < -0.39 is 5.82 Å². The molecule has 1 aliphatic rings. The van der Waals surface area contributed by atoms with Crippen molar-refractivity contribution < 1.29 is 9.18 Å². The fourth-order valence-corrected chi connectivity index (χ4v) is 2.95. The molecule has 21 heavy (non-hydrogen) atoms. The van der Waals surface area contributed by atoms with Gasteiger partial charge < -0.3 is 4.90 Å². The standard InChI is InChI=1S/C17H25FN2O/c1-12(16(21)15-6-5-14(18)9-19-15)10-20-8-7-13(11-20)17(2,3)4/h5-6,9,12-13H,7-8,10-11H2,1-4H3. The summed E-state index contributed by atoms with van der Waals surface area (Å²) in [7, 11) is 0. The second-order valence-corrected chi connectivity index (χ2v) is 7.24. The lowest BCUT2D eigenvalue weighted by atomic mass is 9.80. The summed E-state index contributed by atoms with van der Waals surface area (Å²) >= 11 is 0. The van der Waals surface area contributed by atoms with Crippen molar-refractivity contribution in [2.75, 3.05) is 19.6 Å². The molecule has 0 bridgehead atoms. The minimum atomic E-state index is -0.410. The highest BCUT2D eigenvalue weighted by Gasteiger charge is 2.32. The van der Waals surface area contributed by atoms with Gasteiger partial charge in [0.05, 0.1) is 6.20 Å². The summed E-state index contributed by atoms with van der Waals surface area (Å²) in [4.78, 5) is 18.6. The molecule has 2 heterocycles.